The standard InChI is InChI=1S/C15H12N2O2/c1-17-15(19)13(9-16)14(18)12-7-6-10-4-2-3-5-11(10)8-12/h2-8,13H,1H3,(H,17,19)/t13-/m1/s1. The van der Waals surface area contributed by atoms with Gasteiger partial charge in [-0.05, 0) is 16.8 Å². The van der Waals surface area contributed by atoms with Gasteiger partial charge in [0, 0.05) is 12.6 Å². The summed E-state index contributed by atoms with van der Waals surface area (Å²) in [5.41, 5.74) is 0.369. The third-order valence-electron chi connectivity index (χ3n) is 2.93. The van der Waals surface area contributed by atoms with Gasteiger partial charge in [-0.15, -0.1) is 0 Å². The minimum atomic E-state index is -1.30. The number of hydrogen-bond donors (Lipinski definition) is 1. The maximum absolute atomic E-state index is 12.1. The van der Waals surface area contributed by atoms with Crippen molar-refractivity contribution in [2.24, 2.45) is 5.92 Å². The van der Waals surface area contributed by atoms with Gasteiger partial charge in [-0.3, -0.25) is 9.59 Å². The number of hydrogen-bond acceptors (Lipinski definition) is 3. The number of benzene rings is 2. The molecule has 0 aliphatic heterocycles. The van der Waals surface area contributed by atoms with Crippen molar-refractivity contribution in [2.75, 3.05) is 7.05 Å². The molecule has 2 aromatic rings. The van der Waals surface area contributed by atoms with Crippen LogP contribution in [0.4, 0.5) is 0 Å². The van der Waals surface area contributed by atoms with Gasteiger partial charge >= 0.3 is 0 Å². The molecule has 19 heavy (non-hydrogen) atoms. The number of ketones is 1. The molecule has 0 spiro atoms. The van der Waals surface area contributed by atoms with Crippen LogP contribution in [0.2, 0.25) is 0 Å². The fourth-order valence-corrected chi connectivity index (χ4v) is 1.89. The van der Waals surface area contributed by atoms with E-state index in [4.69, 9.17) is 5.26 Å². The molecule has 1 N–H and O–H groups in total. The van der Waals surface area contributed by atoms with E-state index in [0.29, 0.717) is 5.56 Å². The van der Waals surface area contributed by atoms with Crippen LogP contribution in [0, 0.1) is 17.2 Å². The lowest BCUT2D eigenvalue weighted by atomic mass is 9.96. The van der Waals surface area contributed by atoms with Crippen molar-refractivity contribution in [3.05, 3.63) is 48.0 Å². The number of nitrogens with one attached hydrogen (secondary N) is 1. The molecule has 0 bridgehead atoms. The molecule has 4 heteroatoms. The average molecular weight is 252 g/mol. The van der Waals surface area contributed by atoms with Gasteiger partial charge in [0.1, 0.15) is 0 Å². The highest BCUT2D eigenvalue weighted by atomic mass is 16.2. The Morgan fingerprint density at radius 1 is 1.16 bits per heavy atom. The van der Waals surface area contributed by atoms with Gasteiger partial charge in [-0.2, -0.15) is 5.26 Å². The lowest BCUT2D eigenvalue weighted by Crippen LogP contribution is -2.32. The van der Waals surface area contributed by atoms with Crippen LogP contribution in [-0.4, -0.2) is 18.7 Å². The van der Waals surface area contributed by atoms with Crippen LogP contribution < -0.4 is 5.32 Å². The topological polar surface area (TPSA) is 70.0 Å². The summed E-state index contributed by atoms with van der Waals surface area (Å²) in [6, 6.07) is 14.5. The van der Waals surface area contributed by atoms with Gasteiger partial charge in [0.2, 0.25) is 5.91 Å². The van der Waals surface area contributed by atoms with Crippen LogP contribution >= 0.6 is 0 Å². The van der Waals surface area contributed by atoms with Crippen LogP contribution in [0.25, 0.3) is 10.8 Å². The Bertz CT molecular complexity index is 686. The third kappa shape index (κ3) is 2.45. The number of Topliss-reactive ketones (excluding diaryl/α,β-unsaturated/α-hetero) is 1. The fourth-order valence-electron chi connectivity index (χ4n) is 1.89. The average Bonchev–Trinajstić information content (AvgIpc) is 2.47. The van der Waals surface area contributed by atoms with Gasteiger partial charge in [0.25, 0.3) is 0 Å². The molecule has 0 heterocycles. The summed E-state index contributed by atoms with van der Waals surface area (Å²) in [5, 5.41) is 13.2. The molecule has 0 saturated carbocycles. The minimum Gasteiger partial charge on any atom is -0.358 e. The number of rotatable bonds is 3. The second kappa shape index (κ2) is 5.32. The van der Waals surface area contributed by atoms with E-state index >= 15 is 0 Å². The number of nitrogens with zero attached hydrogens (tertiary/aromatic N) is 1. The van der Waals surface area contributed by atoms with E-state index in [1.165, 1.54) is 7.05 Å². The first-order valence-electron chi connectivity index (χ1n) is 5.81. The Balaban J connectivity index is 2.41. The molecular weight excluding hydrogens is 240 g/mol. The number of carbonyl (C=O) groups is 2. The molecule has 0 unspecified atom stereocenters. The van der Waals surface area contributed by atoms with E-state index in [2.05, 4.69) is 5.32 Å². The smallest absolute Gasteiger partial charge is 0.245 e. The van der Waals surface area contributed by atoms with Gasteiger partial charge in [-0.25, -0.2) is 0 Å². The quantitative estimate of drug-likeness (QED) is 0.670. The molecule has 4 nitrogen and oxygen atoms in total. The summed E-state index contributed by atoms with van der Waals surface area (Å²) in [7, 11) is 1.40. The van der Waals surface area contributed by atoms with E-state index in [9.17, 15) is 9.59 Å². The Labute approximate surface area is 110 Å². The number of carbonyl (C=O) groups excluding carboxylic acids is 2. The molecule has 94 valence electrons. The summed E-state index contributed by atoms with van der Waals surface area (Å²) in [6.07, 6.45) is 0. The molecule has 0 aromatic heterocycles. The zero-order valence-electron chi connectivity index (χ0n) is 10.4. The highest BCUT2D eigenvalue weighted by molar-refractivity contribution is 6.13. The molecule has 1 atom stereocenters. The van der Waals surface area contributed by atoms with Gasteiger partial charge in [0.15, 0.2) is 11.7 Å². The SMILES string of the molecule is CNC(=O)[C@H](C#N)C(=O)c1ccc2ccccc2c1. The molecule has 2 aromatic carbocycles. The van der Waals surface area contributed by atoms with Crippen molar-refractivity contribution >= 4 is 22.5 Å². The summed E-state index contributed by atoms with van der Waals surface area (Å²) >= 11 is 0. The van der Waals surface area contributed by atoms with E-state index < -0.39 is 17.6 Å². The number of amides is 1. The first-order valence-corrected chi connectivity index (χ1v) is 5.81. The third-order valence-corrected chi connectivity index (χ3v) is 2.93. The van der Waals surface area contributed by atoms with Crippen molar-refractivity contribution in [3.63, 3.8) is 0 Å². The largest absolute Gasteiger partial charge is 0.358 e. The van der Waals surface area contributed by atoms with Crippen molar-refractivity contribution < 1.29 is 9.59 Å². The Morgan fingerprint density at radius 2 is 1.84 bits per heavy atom. The summed E-state index contributed by atoms with van der Waals surface area (Å²) in [4.78, 5) is 23.6. The highest BCUT2D eigenvalue weighted by Crippen LogP contribution is 2.18. The Kier molecular flexibility index (Phi) is 3.58. The first-order chi connectivity index (χ1) is 9.17. The van der Waals surface area contributed by atoms with E-state index in [-0.39, 0.29) is 0 Å². The van der Waals surface area contributed by atoms with Crippen LogP contribution in [0.15, 0.2) is 42.5 Å². The van der Waals surface area contributed by atoms with Crippen molar-refractivity contribution in [2.45, 2.75) is 0 Å². The predicted octanol–water partition coefficient (Wildman–Crippen LogP) is 1.91. The summed E-state index contributed by atoms with van der Waals surface area (Å²) in [5.74, 6) is -2.36. The lowest BCUT2D eigenvalue weighted by molar-refractivity contribution is -0.121. The second-order valence-electron chi connectivity index (χ2n) is 4.10. The second-order valence-corrected chi connectivity index (χ2v) is 4.10. The summed E-state index contributed by atoms with van der Waals surface area (Å²) in [6.45, 7) is 0. The Hall–Kier alpha value is -2.67. The van der Waals surface area contributed by atoms with E-state index in [1.807, 2.05) is 24.3 Å². The van der Waals surface area contributed by atoms with Gasteiger partial charge in [-0.1, -0.05) is 36.4 Å². The molecule has 0 aliphatic carbocycles. The van der Waals surface area contributed by atoms with Crippen molar-refractivity contribution in [1.82, 2.24) is 5.32 Å². The zero-order valence-corrected chi connectivity index (χ0v) is 10.4. The van der Waals surface area contributed by atoms with Gasteiger partial charge < -0.3 is 5.32 Å². The van der Waals surface area contributed by atoms with Gasteiger partial charge in [0.05, 0.1) is 6.07 Å². The van der Waals surface area contributed by atoms with E-state index in [1.54, 1.807) is 24.3 Å². The van der Waals surface area contributed by atoms with Crippen LogP contribution in [0.3, 0.4) is 0 Å². The lowest BCUT2D eigenvalue weighted by Gasteiger charge is -2.07. The molecule has 0 radical (unpaired) electrons. The van der Waals surface area contributed by atoms with Crippen LogP contribution in [-0.2, 0) is 4.79 Å². The first kappa shape index (κ1) is 12.8. The minimum absolute atomic E-state index is 0.369. The molecule has 0 saturated heterocycles. The maximum atomic E-state index is 12.1. The maximum Gasteiger partial charge on any atom is 0.245 e. The zero-order chi connectivity index (χ0) is 13.8. The van der Waals surface area contributed by atoms with E-state index in [0.717, 1.165) is 10.8 Å². The van der Waals surface area contributed by atoms with Crippen molar-refractivity contribution in [3.8, 4) is 6.07 Å². The molecule has 0 aliphatic rings. The highest BCUT2D eigenvalue weighted by Gasteiger charge is 2.26. The van der Waals surface area contributed by atoms with Crippen LogP contribution in [0.1, 0.15) is 10.4 Å². The number of nitriles is 1. The number of fused-ring (bicyclic) bond motifs is 1. The summed E-state index contributed by atoms with van der Waals surface area (Å²) < 4.78 is 0. The molecular formula is C15H12N2O2. The van der Waals surface area contributed by atoms with Crippen molar-refractivity contribution in [1.29, 1.82) is 5.26 Å². The normalized spacial score (nSPS) is 11.6. The predicted molar refractivity (Wildman–Crippen MR) is 71.4 cm³/mol. The molecule has 1 amide bonds. The van der Waals surface area contributed by atoms with Crippen LogP contribution in [0.5, 0.6) is 0 Å². The Morgan fingerprint density at radius 3 is 2.47 bits per heavy atom. The molecule has 0 fully saturated rings. The molecule has 2 rings (SSSR count). The fraction of sp³-hybridized carbons (Fsp3) is 0.133. The monoisotopic (exact) mass is 252 g/mol.